The summed E-state index contributed by atoms with van der Waals surface area (Å²) >= 11 is 0. The second-order valence-electron chi connectivity index (χ2n) is 13.3. The second-order valence-corrected chi connectivity index (χ2v) is 14.6. The number of phosphoric ester groups is 1. The fourth-order valence-electron chi connectivity index (χ4n) is 5.67. The van der Waals surface area contributed by atoms with Crippen molar-refractivity contribution < 1.29 is 37.9 Å². The highest BCUT2D eigenvalue weighted by Crippen LogP contribution is 2.36. The Labute approximate surface area is 294 Å². The van der Waals surface area contributed by atoms with Gasteiger partial charge in [-0.2, -0.15) is 0 Å². The molecule has 0 radical (unpaired) electrons. The SMILES string of the molecule is C=CCCCCCCCCCCCCCCCC(=O)OC[C@H](COP(=O)(O)O)OC(=O)CC/C=C/CCCCCCCCCCCCC. The lowest BCUT2D eigenvalue weighted by atomic mass is 10.0. The maximum Gasteiger partial charge on any atom is 0.469 e. The first-order valence-electron chi connectivity index (χ1n) is 19.6. The minimum Gasteiger partial charge on any atom is -0.462 e. The molecule has 0 saturated heterocycles. The van der Waals surface area contributed by atoms with Gasteiger partial charge < -0.3 is 19.3 Å². The van der Waals surface area contributed by atoms with Crippen molar-refractivity contribution in [1.82, 2.24) is 0 Å². The molecule has 0 aliphatic heterocycles. The third-order valence-electron chi connectivity index (χ3n) is 8.60. The second kappa shape index (κ2) is 35.4. The normalized spacial score (nSPS) is 12.4. The molecule has 0 aromatic rings. The smallest absolute Gasteiger partial charge is 0.462 e. The molecule has 0 unspecified atom stereocenters. The Morgan fingerprint density at radius 1 is 0.583 bits per heavy atom. The predicted molar refractivity (Wildman–Crippen MR) is 198 cm³/mol. The molecule has 0 aliphatic rings. The summed E-state index contributed by atoms with van der Waals surface area (Å²) in [6.07, 6.45) is 38.0. The van der Waals surface area contributed by atoms with Gasteiger partial charge >= 0.3 is 19.8 Å². The van der Waals surface area contributed by atoms with E-state index in [9.17, 15) is 14.2 Å². The Morgan fingerprint density at radius 3 is 1.50 bits per heavy atom. The highest BCUT2D eigenvalue weighted by molar-refractivity contribution is 7.46. The van der Waals surface area contributed by atoms with Gasteiger partial charge in [-0.1, -0.05) is 160 Å². The molecule has 0 bridgehead atoms. The number of hydrogen-bond acceptors (Lipinski definition) is 6. The molecule has 2 N–H and O–H groups in total. The Morgan fingerprint density at radius 2 is 1.02 bits per heavy atom. The lowest BCUT2D eigenvalue weighted by Crippen LogP contribution is -2.29. The zero-order chi connectivity index (χ0) is 35.4. The number of ether oxygens (including phenoxy) is 2. The van der Waals surface area contributed by atoms with Crippen LogP contribution in [0.2, 0.25) is 0 Å². The Hall–Kier alpha value is -1.47. The van der Waals surface area contributed by atoms with Gasteiger partial charge in [0.1, 0.15) is 6.61 Å². The fraction of sp³-hybridized carbons (Fsp3) is 0.846. The van der Waals surface area contributed by atoms with E-state index in [1.807, 2.05) is 12.2 Å². The van der Waals surface area contributed by atoms with Gasteiger partial charge in [-0.15, -0.1) is 6.58 Å². The van der Waals surface area contributed by atoms with E-state index in [0.29, 0.717) is 6.42 Å². The number of unbranched alkanes of at least 4 members (excludes halogenated alkanes) is 24. The van der Waals surface area contributed by atoms with Crippen molar-refractivity contribution in [3.63, 3.8) is 0 Å². The van der Waals surface area contributed by atoms with Gasteiger partial charge in [0.25, 0.3) is 0 Å². The van der Waals surface area contributed by atoms with E-state index < -0.39 is 32.5 Å². The third kappa shape index (κ3) is 37.4. The molecule has 0 saturated carbocycles. The zero-order valence-corrected chi connectivity index (χ0v) is 31.6. The van der Waals surface area contributed by atoms with Crippen molar-refractivity contribution in [3.05, 3.63) is 24.8 Å². The third-order valence-corrected chi connectivity index (χ3v) is 9.09. The van der Waals surface area contributed by atoms with Crippen LogP contribution in [0, 0.1) is 0 Å². The van der Waals surface area contributed by atoms with E-state index >= 15 is 0 Å². The summed E-state index contributed by atoms with van der Waals surface area (Å²) < 4.78 is 26.3. The van der Waals surface area contributed by atoms with E-state index in [0.717, 1.165) is 38.5 Å². The van der Waals surface area contributed by atoms with Gasteiger partial charge in [-0.25, -0.2) is 4.57 Å². The van der Waals surface area contributed by atoms with Gasteiger partial charge in [0.2, 0.25) is 0 Å². The summed E-state index contributed by atoms with van der Waals surface area (Å²) in [7, 11) is -4.76. The van der Waals surface area contributed by atoms with Crippen LogP contribution in [0.25, 0.3) is 0 Å². The summed E-state index contributed by atoms with van der Waals surface area (Å²) in [5, 5.41) is 0. The molecule has 8 nitrogen and oxygen atoms in total. The van der Waals surface area contributed by atoms with Crippen LogP contribution in [0.4, 0.5) is 0 Å². The van der Waals surface area contributed by atoms with E-state index in [2.05, 4.69) is 24.1 Å². The number of carbonyl (C=O) groups is 2. The Kier molecular flexibility index (Phi) is 34.3. The molecule has 282 valence electrons. The van der Waals surface area contributed by atoms with Crippen LogP contribution in [0.15, 0.2) is 24.8 Å². The van der Waals surface area contributed by atoms with Crippen LogP contribution in [-0.2, 0) is 28.2 Å². The topological polar surface area (TPSA) is 119 Å². The summed E-state index contributed by atoms with van der Waals surface area (Å²) in [6.45, 7) is 5.17. The first kappa shape index (κ1) is 46.5. The first-order chi connectivity index (χ1) is 23.3. The van der Waals surface area contributed by atoms with E-state index in [-0.39, 0.29) is 19.4 Å². The molecule has 0 aromatic carbocycles. The molecule has 0 rings (SSSR count). The monoisotopic (exact) mass is 701 g/mol. The lowest BCUT2D eigenvalue weighted by molar-refractivity contribution is -0.161. The quantitative estimate of drug-likeness (QED) is 0.0284. The van der Waals surface area contributed by atoms with Gasteiger partial charge in [0, 0.05) is 12.8 Å². The molecule has 0 fully saturated rings. The molecule has 1 atom stereocenters. The fourth-order valence-corrected chi connectivity index (χ4v) is 6.03. The number of hydrogen-bond donors (Lipinski definition) is 2. The van der Waals surface area contributed by atoms with Gasteiger partial charge in [0.05, 0.1) is 6.61 Å². The van der Waals surface area contributed by atoms with Crippen molar-refractivity contribution in [2.24, 2.45) is 0 Å². The van der Waals surface area contributed by atoms with Gasteiger partial charge in [0.15, 0.2) is 6.10 Å². The molecule has 0 amide bonds. The van der Waals surface area contributed by atoms with Crippen LogP contribution < -0.4 is 0 Å². The minimum absolute atomic E-state index is 0.130. The summed E-state index contributed by atoms with van der Waals surface area (Å²) in [5.41, 5.74) is 0. The van der Waals surface area contributed by atoms with Crippen LogP contribution in [0.5, 0.6) is 0 Å². The number of phosphoric acid groups is 1. The average molecular weight is 701 g/mol. The van der Waals surface area contributed by atoms with Crippen molar-refractivity contribution in [2.75, 3.05) is 13.2 Å². The van der Waals surface area contributed by atoms with Crippen LogP contribution in [0.1, 0.15) is 193 Å². The first-order valence-corrected chi connectivity index (χ1v) is 21.1. The van der Waals surface area contributed by atoms with Crippen molar-refractivity contribution in [3.8, 4) is 0 Å². The summed E-state index contributed by atoms with van der Waals surface area (Å²) in [5.74, 6) is -0.939. The maximum atomic E-state index is 12.3. The van der Waals surface area contributed by atoms with Crippen molar-refractivity contribution in [2.45, 2.75) is 199 Å². The predicted octanol–water partition coefficient (Wildman–Crippen LogP) is 11.6. The lowest BCUT2D eigenvalue weighted by Gasteiger charge is -2.18. The maximum absolute atomic E-state index is 12.3. The largest absolute Gasteiger partial charge is 0.469 e. The van der Waals surface area contributed by atoms with Gasteiger partial charge in [-0.3, -0.25) is 14.1 Å². The van der Waals surface area contributed by atoms with Crippen LogP contribution in [-0.4, -0.2) is 41.0 Å². The molecule has 0 aromatic heterocycles. The van der Waals surface area contributed by atoms with E-state index in [1.165, 1.54) is 128 Å². The van der Waals surface area contributed by atoms with Gasteiger partial charge in [-0.05, 0) is 38.5 Å². The highest BCUT2D eigenvalue weighted by Gasteiger charge is 2.22. The number of esters is 2. The van der Waals surface area contributed by atoms with Crippen molar-refractivity contribution >= 4 is 19.8 Å². The molecule has 0 heterocycles. The number of allylic oxidation sites excluding steroid dienone is 3. The molecular weight excluding hydrogens is 627 g/mol. The van der Waals surface area contributed by atoms with Crippen molar-refractivity contribution in [1.29, 1.82) is 0 Å². The number of rotatable bonds is 37. The minimum atomic E-state index is -4.76. The van der Waals surface area contributed by atoms with Crippen LogP contribution in [0.3, 0.4) is 0 Å². The number of carbonyl (C=O) groups excluding carboxylic acids is 2. The summed E-state index contributed by atoms with van der Waals surface area (Å²) in [4.78, 5) is 42.7. The Balaban J connectivity index is 3.95. The molecule has 0 aliphatic carbocycles. The molecule has 9 heteroatoms. The van der Waals surface area contributed by atoms with Crippen LogP contribution >= 0.6 is 7.82 Å². The molecule has 48 heavy (non-hydrogen) atoms. The standard InChI is InChI=1S/C39H73O8P/c1-3-5-7-9-11-13-15-17-19-21-23-25-27-29-31-33-38(40)45-35-37(36-46-48(42,43)44)47-39(41)34-32-30-28-26-24-22-20-18-16-14-12-10-8-6-4-2/h3,28,30,37H,1,4-27,29,31-36H2,2H3,(H2,42,43,44)/b30-28+/t37-/m1/s1. The average Bonchev–Trinajstić information content (AvgIpc) is 3.05. The molecule has 0 spiro atoms. The van der Waals surface area contributed by atoms with E-state index in [1.54, 1.807) is 0 Å². The zero-order valence-electron chi connectivity index (χ0n) is 30.7. The highest BCUT2D eigenvalue weighted by atomic mass is 31.2. The van der Waals surface area contributed by atoms with E-state index in [4.69, 9.17) is 19.3 Å². The Bertz CT molecular complexity index is 825. The summed E-state index contributed by atoms with van der Waals surface area (Å²) in [6, 6.07) is 0. The molecular formula is C39H73O8P.